The Balaban J connectivity index is 2.89. The van der Waals surface area contributed by atoms with Crippen molar-refractivity contribution in [2.45, 2.75) is 0 Å². The molecule has 1 aromatic carbocycles. The molecule has 0 radical (unpaired) electrons. The van der Waals surface area contributed by atoms with Gasteiger partial charge < -0.3 is 0 Å². The Bertz CT molecular complexity index is 209. The second kappa shape index (κ2) is 3.92. The summed E-state index contributed by atoms with van der Waals surface area (Å²) in [5, 5.41) is 0.988. The van der Waals surface area contributed by atoms with E-state index in [2.05, 4.69) is 15.9 Å². The highest BCUT2D eigenvalue weighted by Crippen LogP contribution is 2.45. The maximum Gasteiger partial charge on any atom is 0.116 e. The second-order valence-corrected chi connectivity index (χ2v) is 6.15. The molecule has 1 rings (SSSR count). The molecule has 0 saturated heterocycles. The third-order valence-corrected chi connectivity index (χ3v) is 3.41. The molecule has 0 nitrogen and oxygen atoms in total. The van der Waals surface area contributed by atoms with Crippen molar-refractivity contribution < 1.29 is 0 Å². The number of hydrogen-bond donors (Lipinski definition) is 0. The Morgan fingerprint density at radius 3 is 2.00 bits per heavy atom. The number of hydrogen-bond acceptors (Lipinski definition) is 0. The smallest absolute Gasteiger partial charge is 0.0727 e. The van der Waals surface area contributed by atoms with Crippen molar-refractivity contribution in [1.82, 2.24) is 0 Å². The van der Waals surface area contributed by atoms with E-state index in [0.717, 1.165) is 9.78 Å². The lowest BCUT2D eigenvalue weighted by atomic mass is 10.4. The first-order valence-electron chi connectivity index (χ1n) is 2.57. The van der Waals surface area contributed by atoms with Crippen LogP contribution in [0.25, 0.3) is 0 Å². The van der Waals surface area contributed by atoms with E-state index < -0.39 is 6.63 Å². The van der Waals surface area contributed by atoms with Gasteiger partial charge >= 0.3 is 0 Å². The van der Waals surface area contributed by atoms with Crippen LogP contribution in [-0.2, 0) is 0 Å². The van der Waals surface area contributed by atoms with Crippen LogP contribution in [-0.4, -0.2) is 0 Å². The third-order valence-electron chi connectivity index (χ3n) is 1.02. The van der Waals surface area contributed by atoms with Gasteiger partial charge in [0.15, 0.2) is 0 Å². The molecule has 0 atom stereocenters. The lowest BCUT2D eigenvalue weighted by molar-refractivity contribution is 1.70. The molecular formula is C6H4BrCl2P. The standard InChI is InChI=1S/C6H4BrCl2P/c7-5-1-3-6(4-2-5)10(8)9/h1-4H. The summed E-state index contributed by atoms with van der Waals surface area (Å²) in [5.41, 5.74) is 0. The van der Waals surface area contributed by atoms with E-state index in [4.69, 9.17) is 22.5 Å². The first kappa shape index (κ1) is 8.80. The Morgan fingerprint density at radius 1 is 1.10 bits per heavy atom. The molecule has 0 saturated carbocycles. The monoisotopic (exact) mass is 256 g/mol. The summed E-state index contributed by atoms with van der Waals surface area (Å²) >= 11 is 14.7. The van der Waals surface area contributed by atoms with Gasteiger partial charge in [-0.3, -0.25) is 0 Å². The fourth-order valence-electron chi connectivity index (χ4n) is 0.554. The molecule has 0 bridgehead atoms. The Kier molecular flexibility index (Phi) is 3.45. The molecule has 0 aliphatic carbocycles. The van der Waals surface area contributed by atoms with Gasteiger partial charge in [-0.25, -0.2) is 0 Å². The predicted molar refractivity (Wildman–Crippen MR) is 52.4 cm³/mol. The van der Waals surface area contributed by atoms with Gasteiger partial charge in [-0.05, 0) is 12.1 Å². The van der Waals surface area contributed by atoms with E-state index >= 15 is 0 Å². The molecule has 0 aliphatic rings. The molecule has 10 heavy (non-hydrogen) atoms. The largest absolute Gasteiger partial charge is 0.116 e. The molecule has 0 aromatic heterocycles. The van der Waals surface area contributed by atoms with Crippen molar-refractivity contribution >= 4 is 50.3 Å². The van der Waals surface area contributed by atoms with Gasteiger partial charge in [0.2, 0.25) is 0 Å². The fraction of sp³-hybridized carbons (Fsp3) is 0. The van der Waals surface area contributed by atoms with Crippen molar-refractivity contribution in [3.63, 3.8) is 0 Å². The van der Waals surface area contributed by atoms with Crippen molar-refractivity contribution in [3.8, 4) is 0 Å². The van der Waals surface area contributed by atoms with Crippen LogP contribution >= 0.6 is 45.0 Å². The van der Waals surface area contributed by atoms with Crippen molar-refractivity contribution in [1.29, 1.82) is 0 Å². The molecule has 54 valence electrons. The Morgan fingerprint density at radius 2 is 1.60 bits per heavy atom. The molecule has 0 unspecified atom stereocenters. The molecule has 0 fully saturated rings. The molecule has 0 aliphatic heterocycles. The molecule has 0 N–H and O–H groups in total. The highest BCUT2D eigenvalue weighted by Gasteiger charge is 2.00. The molecule has 4 heteroatoms. The van der Waals surface area contributed by atoms with E-state index in [1.54, 1.807) is 0 Å². The number of rotatable bonds is 1. The minimum absolute atomic E-state index is 0.984. The highest BCUT2D eigenvalue weighted by molar-refractivity contribution is 9.10. The van der Waals surface area contributed by atoms with Gasteiger partial charge in [-0.15, -0.1) is 0 Å². The molecule has 0 spiro atoms. The molecule has 0 heterocycles. The van der Waals surface area contributed by atoms with E-state index in [9.17, 15) is 0 Å². The van der Waals surface area contributed by atoms with E-state index in [-0.39, 0.29) is 0 Å². The van der Waals surface area contributed by atoms with Crippen LogP contribution in [0.2, 0.25) is 0 Å². The summed E-state index contributed by atoms with van der Waals surface area (Å²) < 4.78 is 1.04. The third kappa shape index (κ3) is 2.39. The summed E-state index contributed by atoms with van der Waals surface area (Å²) in [7, 11) is 0. The number of benzene rings is 1. The highest BCUT2D eigenvalue weighted by atomic mass is 79.9. The predicted octanol–water partition coefficient (Wildman–Crippen LogP) is 3.86. The molecule has 0 amide bonds. The Hall–Kier alpha value is 0.710. The topological polar surface area (TPSA) is 0 Å². The van der Waals surface area contributed by atoms with Crippen molar-refractivity contribution in [2.75, 3.05) is 0 Å². The van der Waals surface area contributed by atoms with Gasteiger partial charge in [-0.1, -0.05) is 50.5 Å². The van der Waals surface area contributed by atoms with Crippen LogP contribution < -0.4 is 5.30 Å². The first-order chi connectivity index (χ1) is 4.70. The zero-order valence-corrected chi connectivity index (χ0v) is 8.88. The molecular weight excluding hydrogens is 254 g/mol. The lowest BCUT2D eigenvalue weighted by Gasteiger charge is -1.98. The van der Waals surface area contributed by atoms with Crippen LogP contribution in [0.4, 0.5) is 0 Å². The average Bonchev–Trinajstić information content (AvgIpc) is 1.88. The maximum absolute atomic E-state index is 5.67. The maximum atomic E-state index is 5.67. The molecule has 1 aromatic rings. The van der Waals surface area contributed by atoms with Crippen molar-refractivity contribution in [2.24, 2.45) is 0 Å². The van der Waals surface area contributed by atoms with Gasteiger partial charge in [0.05, 0.1) is 0 Å². The summed E-state index contributed by atoms with van der Waals surface area (Å²) in [6, 6.07) is 7.68. The van der Waals surface area contributed by atoms with Crippen LogP contribution in [0.1, 0.15) is 0 Å². The fourth-order valence-corrected chi connectivity index (χ4v) is 1.87. The van der Waals surface area contributed by atoms with Crippen LogP contribution in [0.5, 0.6) is 0 Å². The van der Waals surface area contributed by atoms with Crippen LogP contribution in [0.3, 0.4) is 0 Å². The van der Waals surface area contributed by atoms with Crippen LogP contribution in [0, 0.1) is 0 Å². The summed E-state index contributed by atoms with van der Waals surface area (Å²) in [4.78, 5) is 0. The average molecular weight is 258 g/mol. The first-order valence-corrected chi connectivity index (χ1v) is 6.52. The zero-order chi connectivity index (χ0) is 7.56. The summed E-state index contributed by atoms with van der Waals surface area (Å²) in [6.45, 7) is -0.984. The quantitative estimate of drug-likeness (QED) is 0.671. The van der Waals surface area contributed by atoms with Crippen molar-refractivity contribution in [3.05, 3.63) is 28.7 Å². The van der Waals surface area contributed by atoms with Gasteiger partial charge in [0.1, 0.15) is 6.63 Å². The second-order valence-electron chi connectivity index (χ2n) is 1.71. The SMILES string of the molecule is ClP(Cl)c1ccc(Br)cc1. The minimum Gasteiger partial charge on any atom is -0.0727 e. The van der Waals surface area contributed by atoms with Crippen LogP contribution in [0.15, 0.2) is 28.7 Å². The van der Waals surface area contributed by atoms with E-state index in [1.165, 1.54) is 0 Å². The number of halogens is 3. The minimum atomic E-state index is -0.984. The zero-order valence-electron chi connectivity index (χ0n) is 4.89. The van der Waals surface area contributed by atoms with E-state index in [1.807, 2.05) is 24.3 Å². The lowest BCUT2D eigenvalue weighted by Crippen LogP contribution is -1.90. The van der Waals surface area contributed by atoms with Gasteiger partial charge in [0.25, 0.3) is 0 Å². The van der Waals surface area contributed by atoms with Gasteiger partial charge in [0, 0.05) is 9.78 Å². The summed E-state index contributed by atoms with van der Waals surface area (Å²) in [5.74, 6) is 0. The normalized spacial score (nSPS) is 10.4. The summed E-state index contributed by atoms with van der Waals surface area (Å²) in [6.07, 6.45) is 0. The van der Waals surface area contributed by atoms with Gasteiger partial charge in [-0.2, -0.15) is 0 Å². The van der Waals surface area contributed by atoms with E-state index in [0.29, 0.717) is 0 Å². The Labute approximate surface area is 79.0 Å².